The third-order valence-electron chi connectivity index (χ3n) is 6.84. The summed E-state index contributed by atoms with van der Waals surface area (Å²) in [5.74, 6) is 0.561. The molecular formula is C29H30N2O3. The van der Waals surface area contributed by atoms with Crippen molar-refractivity contribution >= 4 is 16.9 Å². The van der Waals surface area contributed by atoms with Gasteiger partial charge in [0.05, 0.1) is 0 Å². The summed E-state index contributed by atoms with van der Waals surface area (Å²) in [6, 6.07) is 25.8. The number of carbonyl (C=O) groups is 1. The summed E-state index contributed by atoms with van der Waals surface area (Å²) in [4.78, 5) is 17.7. The highest BCUT2D eigenvalue weighted by molar-refractivity contribution is 5.90. The number of aliphatic carboxylic acids is 1. The number of nitrogens with zero attached hydrogens (tertiary/aromatic N) is 1. The molecule has 5 heteroatoms. The molecule has 2 heterocycles. The van der Waals surface area contributed by atoms with E-state index in [1.165, 1.54) is 5.56 Å². The van der Waals surface area contributed by atoms with Crippen molar-refractivity contribution in [2.75, 3.05) is 13.1 Å². The second-order valence-corrected chi connectivity index (χ2v) is 9.14. The van der Waals surface area contributed by atoms with E-state index in [2.05, 4.69) is 34.1 Å². The average Bonchev–Trinajstić information content (AvgIpc) is 3.28. The SMILES string of the molecule is O=C(O)[C@H](c1c[nH]c2cc(OCc3ccccc3)ccc12)N1CCC(Cc2ccccc2)CC1. The lowest BCUT2D eigenvalue weighted by atomic mass is 9.89. The first-order chi connectivity index (χ1) is 16.7. The van der Waals surface area contributed by atoms with Gasteiger partial charge in [0.1, 0.15) is 18.4 Å². The number of piperidine rings is 1. The molecular weight excluding hydrogens is 424 g/mol. The highest BCUT2D eigenvalue weighted by atomic mass is 16.5. The van der Waals surface area contributed by atoms with Crippen molar-refractivity contribution in [2.45, 2.75) is 31.9 Å². The van der Waals surface area contributed by atoms with Gasteiger partial charge in [0.2, 0.25) is 0 Å². The fourth-order valence-corrected chi connectivity index (χ4v) is 5.03. The molecule has 0 unspecified atom stereocenters. The van der Waals surface area contributed by atoms with Crippen LogP contribution in [0.3, 0.4) is 0 Å². The molecule has 5 rings (SSSR count). The summed E-state index contributed by atoms with van der Waals surface area (Å²) < 4.78 is 5.95. The summed E-state index contributed by atoms with van der Waals surface area (Å²) in [7, 11) is 0. The van der Waals surface area contributed by atoms with Gasteiger partial charge in [-0.3, -0.25) is 9.69 Å². The zero-order valence-electron chi connectivity index (χ0n) is 19.2. The van der Waals surface area contributed by atoms with Gasteiger partial charge in [-0.05, 0) is 61.5 Å². The molecule has 4 aromatic rings. The van der Waals surface area contributed by atoms with Crippen molar-refractivity contribution < 1.29 is 14.6 Å². The molecule has 0 saturated carbocycles. The van der Waals surface area contributed by atoms with Gasteiger partial charge in [-0.1, -0.05) is 60.7 Å². The van der Waals surface area contributed by atoms with E-state index >= 15 is 0 Å². The fourth-order valence-electron chi connectivity index (χ4n) is 5.03. The van der Waals surface area contributed by atoms with Crippen LogP contribution in [-0.4, -0.2) is 34.0 Å². The molecule has 1 aliphatic heterocycles. The van der Waals surface area contributed by atoms with Crippen LogP contribution in [-0.2, 0) is 17.8 Å². The van der Waals surface area contributed by atoms with E-state index in [1.807, 2.05) is 60.8 Å². The normalized spacial score (nSPS) is 15.9. The molecule has 3 aromatic carbocycles. The molecule has 2 N–H and O–H groups in total. The largest absolute Gasteiger partial charge is 0.489 e. The van der Waals surface area contributed by atoms with Crippen molar-refractivity contribution in [1.82, 2.24) is 9.88 Å². The summed E-state index contributed by atoms with van der Waals surface area (Å²) in [6.07, 6.45) is 4.93. The smallest absolute Gasteiger partial charge is 0.325 e. The van der Waals surface area contributed by atoms with Crippen LogP contribution in [0.15, 0.2) is 85.1 Å². The van der Waals surface area contributed by atoms with Crippen LogP contribution in [0.4, 0.5) is 0 Å². The van der Waals surface area contributed by atoms with Crippen LogP contribution in [0.5, 0.6) is 5.75 Å². The van der Waals surface area contributed by atoms with Gasteiger partial charge in [0, 0.05) is 28.7 Å². The van der Waals surface area contributed by atoms with Gasteiger partial charge in [-0.25, -0.2) is 0 Å². The molecule has 0 bridgehead atoms. The number of aromatic amines is 1. The van der Waals surface area contributed by atoms with E-state index < -0.39 is 12.0 Å². The Balaban J connectivity index is 1.27. The summed E-state index contributed by atoms with van der Waals surface area (Å²) >= 11 is 0. The van der Waals surface area contributed by atoms with Gasteiger partial charge in [-0.15, -0.1) is 0 Å². The lowest BCUT2D eigenvalue weighted by Crippen LogP contribution is -2.40. The number of H-pyrrole nitrogens is 1. The third-order valence-corrected chi connectivity index (χ3v) is 6.84. The topological polar surface area (TPSA) is 65.6 Å². The number of nitrogens with one attached hydrogen (secondary N) is 1. The van der Waals surface area contributed by atoms with Crippen LogP contribution < -0.4 is 4.74 Å². The molecule has 5 nitrogen and oxygen atoms in total. The number of carboxylic acid groups (broad SMARTS) is 1. The van der Waals surface area contributed by atoms with E-state index in [4.69, 9.17) is 4.74 Å². The van der Waals surface area contributed by atoms with E-state index in [9.17, 15) is 9.90 Å². The number of fused-ring (bicyclic) bond motifs is 1. The monoisotopic (exact) mass is 454 g/mol. The Labute approximate surface area is 200 Å². The zero-order chi connectivity index (χ0) is 23.3. The molecule has 0 aliphatic carbocycles. The number of hydrogen-bond acceptors (Lipinski definition) is 3. The molecule has 0 amide bonds. The first-order valence-electron chi connectivity index (χ1n) is 12.0. The van der Waals surface area contributed by atoms with Crippen LogP contribution in [0.2, 0.25) is 0 Å². The Morgan fingerprint density at radius 1 is 0.971 bits per heavy atom. The minimum atomic E-state index is -0.799. The molecule has 1 saturated heterocycles. The summed E-state index contributed by atoms with van der Waals surface area (Å²) in [6.45, 7) is 2.08. The highest BCUT2D eigenvalue weighted by Gasteiger charge is 2.32. The zero-order valence-corrected chi connectivity index (χ0v) is 19.2. The number of rotatable bonds is 8. The summed E-state index contributed by atoms with van der Waals surface area (Å²) in [5, 5.41) is 11.1. The Morgan fingerprint density at radius 3 is 2.32 bits per heavy atom. The first-order valence-corrected chi connectivity index (χ1v) is 12.0. The Kier molecular flexibility index (Phi) is 6.63. The number of carboxylic acids is 1. The molecule has 0 spiro atoms. The minimum Gasteiger partial charge on any atom is -0.489 e. The van der Waals surface area contributed by atoms with Gasteiger partial charge in [0.25, 0.3) is 0 Å². The average molecular weight is 455 g/mol. The number of benzene rings is 3. The van der Waals surface area contributed by atoms with Crippen molar-refractivity contribution in [3.63, 3.8) is 0 Å². The van der Waals surface area contributed by atoms with Crippen LogP contribution in [0.25, 0.3) is 10.9 Å². The maximum absolute atomic E-state index is 12.4. The van der Waals surface area contributed by atoms with Gasteiger partial charge >= 0.3 is 5.97 Å². The van der Waals surface area contributed by atoms with Gasteiger partial charge in [0.15, 0.2) is 0 Å². The Morgan fingerprint density at radius 2 is 1.65 bits per heavy atom. The molecule has 1 atom stereocenters. The predicted molar refractivity (Wildman–Crippen MR) is 134 cm³/mol. The maximum atomic E-state index is 12.4. The fraction of sp³-hybridized carbons (Fsp3) is 0.276. The summed E-state index contributed by atoms with van der Waals surface area (Å²) in [5.41, 5.74) is 4.18. The van der Waals surface area contributed by atoms with Crippen LogP contribution in [0.1, 0.15) is 35.6 Å². The highest BCUT2D eigenvalue weighted by Crippen LogP contribution is 2.34. The van der Waals surface area contributed by atoms with Gasteiger partial charge in [-0.2, -0.15) is 0 Å². The van der Waals surface area contributed by atoms with E-state index in [0.717, 1.165) is 60.1 Å². The second kappa shape index (κ2) is 10.1. The van der Waals surface area contributed by atoms with Crippen molar-refractivity contribution in [1.29, 1.82) is 0 Å². The quantitative estimate of drug-likeness (QED) is 0.352. The second-order valence-electron chi connectivity index (χ2n) is 9.14. The molecule has 1 aliphatic rings. The van der Waals surface area contributed by atoms with Crippen LogP contribution >= 0.6 is 0 Å². The molecule has 1 aromatic heterocycles. The lowest BCUT2D eigenvalue weighted by molar-refractivity contribution is -0.144. The van der Waals surface area contributed by atoms with Crippen molar-refractivity contribution in [2.24, 2.45) is 5.92 Å². The minimum absolute atomic E-state index is 0.496. The number of aromatic nitrogens is 1. The number of ether oxygens (including phenoxy) is 1. The maximum Gasteiger partial charge on any atom is 0.325 e. The molecule has 34 heavy (non-hydrogen) atoms. The van der Waals surface area contributed by atoms with E-state index in [-0.39, 0.29) is 0 Å². The predicted octanol–water partition coefficient (Wildman–Crippen LogP) is 5.83. The third kappa shape index (κ3) is 5.00. The van der Waals surface area contributed by atoms with E-state index in [0.29, 0.717) is 12.5 Å². The number of hydrogen-bond donors (Lipinski definition) is 2. The van der Waals surface area contributed by atoms with Crippen molar-refractivity contribution in [3.05, 3.63) is 102 Å². The van der Waals surface area contributed by atoms with Gasteiger partial charge < -0.3 is 14.8 Å². The standard InChI is InChI=1S/C29H30N2O3/c32-29(33)28(31-15-13-22(14-16-31)17-21-7-3-1-4-8-21)26-19-30-27-18-24(11-12-25(26)27)34-20-23-9-5-2-6-10-23/h1-12,18-19,22,28,30H,13-17,20H2,(H,32,33)/t28-/m0/s1. The first kappa shape index (κ1) is 22.2. The number of likely N-dealkylation sites (tertiary alicyclic amines) is 1. The lowest BCUT2D eigenvalue weighted by Gasteiger charge is -2.35. The molecule has 174 valence electrons. The Hall–Kier alpha value is -3.57. The van der Waals surface area contributed by atoms with Crippen LogP contribution in [0, 0.1) is 5.92 Å². The van der Waals surface area contributed by atoms with E-state index in [1.54, 1.807) is 0 Å². The van der Waals surface area contributed by atoms with Crippen molar-refractivity contribution in [3.8, 4) is 5.75 Å². The molecule has 0 radical (unpaired) electrons. The Bertz CT molecular complexity index is 1230. The molecule has 1 fully saturated rings.